The van der Waals surface area contributed by atoms with Crippen molar-refractivity contribution in [3.63, 3.8) is 0 Å². The zero-order chi connectivity index (χ0) is 19.5. The molecular weight excluding hydrogens is 358 g/mol. The Morgan fingerprint density at radius 2 is 2.11 bits per heavy atom. The van der Waals surface area contributed by atoms with Crippen LogP contribution in [0, 0.1) is 0 Å². The molecule has 3 aromatic rings. The summed E-state index contributed by atoms with van der Waals surface area (Å²) in [5, 5.41) is 2.90. The number of aromatic nitrogens is 2. The molecule has 7 nitrogen and oxygen atoms in total. The van der Waals surface area contributed by atoms with E-state index in [2.05, 4.69) is 10.3 Å². The second kappa shape index (κ2) is 7.90. The SMILES string of the molecule is COc1ccc(Cn2c(=O)[nH]c3cc(C(=O)NCC4CCCO4)ccc32)cc1. The molecule has 1 unspecified atom stereocenters. The van der Waals surface area contributed by atoms with Gasteiger partial charge in [-0.25, -0.2) is 4.79 Å². The van der Waals surface area contributed by atoms with Crippen LogP contribution in [0.1, 0.15) is 28.8 Å². The van der Waals surface area contributed by atoms with Gasteiger partial charge in [0.05, 0.1) is 30.8 Å². The van der Waals surface area contributed by atoms with Crippen molar-refractivity contribution in [1.29, 1.82) is 0 Å². The molecule has 28 heavy (non-hydrogen) atoms. The topological polar surface area (TPSA) is 85.4 Å². The summed E-state index contributed by atoms with van der Waals surface area (Å²) in [6, 6.07) is 12.8. The van der Waals surface area contributed by atoms with Crippen LogP contribution in [0.2, 0.25) is 0 Å². The zero-order valence-corrected chi connectivity index (χ0v) is 15.7. The van der Waals surface area contributed by atoms with Crippen LogP contribution in [0.15, 0.2) is 47.3 Å². The van der Waals surface area contributed by atoms with E-state index in [1.807, 2.05) is 24.3 Å². The summed E-state index contributed by atoms with van der Waals surface area (Å²) in [6.07, 6.45) is 2.11. The van der Waals surface area contributed by atoms with E-state index in [-0.39, 0.29) is 17.7 Å². The first-order valence-corrected chi connectivity index (χ1v) is 9.39. The van der Waals surface area contributed by atoms with E-state index in [1.54, 1.807) is 29.9 Å². The van der Waals surface area contributed by atoms with Crippen molar-refractivity contribution in [1.82, 2.24) is 14.9 Å². The van der Waals surface area contributed by atoms with Crippen LogP contribution >= 0.6 is 0 Å². The van der Waals surface area contributed by atoms with Gasteiger partial charge in [0.25, 0.3) is 5.91 Å². The van der Waals surface area contributed by atoms with Gasteiger partial charge < -0.3 is 19.8 Å². The maximum atomic E-state index is 12.4. The minimum absolute atomic E-state index is 0.0954. The fourth-order valence-corrected chi connectivity index (χ4v) is 3.49. The molecule has 2 N–H and O–H groups in total. The molecule has 146 valence electrons. The summed E-state index contributed by atoms with van der Waals surface area (Å²) >= 11 is 0. The first-order chi connectivity index (χ1) is 13.6. The summed E-state index contributed by atoms with van der Waals surface area (Å²) in [4.78, 5) is 27.7. The molecule has 2 aromatic carbocycles. The number of methoxy groups -OCH3 is 1. The molecule has 4 rings (SSSR count). The highest BCUT2D eigenvalue weighted by atomic mass is 16.5. The molecule has 2 heterocycles. The van der Waals surface area contributed by atoms with Crippen molar-refractivity contribution < 1.29 is 14.3 Å². The molecule has 1 aliphatic rings. The van der Waals surface area contributed by atoms with Crippen LogP contribution in [0.4, 0.5) is 0 Å². The number of carbonyl (C=O) groups is 1. The molecule has 1 amide bonds. The number of nitrogens with one attached hydrogen (secondary N) is 2. The Hall–Kier alpha value is -3.06. The highest BCUT2D eigenvalue weighted by Crippen LogP contribution is 2.17. The van der Waals surface area contributed by atoms with E-state index in [9.17, 15) is 9.59 Å². The number of amides is 1. The van der Waals surface area contributed by atoms with Gasteiger partial charge >= 0.3 is 5.69 Å². The Labute approximate surface area is 162 Å². The molecule has 0 radical (unpaired) electrons. The van der Waals surface area contributed by atoms with E-state index in [4.69, 9.17) is 9.47 Å². The summed E-state index contributed by atoms with van der Waals surface area (Å²) in [6.45, 7) is 1.70. The Balaban J connectivity index is 1.52. The van der Waals surface area contributed by atoms with Crippen LogP contribution in [0.3, 0.4) is 0 Å². The number of hydrogen-bond acceptors (Lipinski definition) is 4. The number of imidazole rings is 1. The Morgan fingerprint density at radius 1 is 1.29 bits per heavy atom. The molecule has 0 bridgehead atoms. The van der Waals surface area contributed by atoms with Crippen molar-refractivity contribution in [3.05, 3.63) is 64.1 Å². The third-order valence-corrected chi connectivity index (χ3v) is 5.05. The van der Waals surface area contributed by atoms with Gasteiger partial charge in [-0.2, -0.15) is 0 Å². The fourth-order valence-electron chi connectivity index (χ4n) is 3.49. The summed E-state index contributed by atoms with van der Waals surface area (Å²) in [7, 11) is 1.62. The van der Waals surface area contributed by atoms with Crippen LogP contribution in [0.5, 0.6) is 5.75 Å². The van der Waals surface area contributed by atoms with E-state index in [0.29, 0.717) is 24.2 Å². The number of aromatic amines is 1. The van der Waals surface area contributed by atoms with E-state index >= 15 is 0 Å². The van der Waals surface area contributed by atoms with Crippen molar-refractivity contribution in [3.8, 4) is 5.75 Å². The van der Waals surface area contributed by atoms with Gasteiger partial charge in [0, 0.05) is 18.7 Å². The molecule has 1 atom stereocenters. The lowest BCUT2D eigenvalue weighted by Crippen LogP contribution is -2.31. The second-order valence-electron chi connectivity index (χ2n) is 6.94. The molecular formula is C21H23N3O4. The smallest absolute Gasteiger partial charge is 0.326 e. The van der Waals surface area contributed by atoms with Gasteiger partial charge in [-0.15, -0.1) is 0 Å². The molecule has 1 aliphatic heterocycles. The lowest BCUT2D eigenvalue weighted by Gasteiger charge is -2.11. The van der Waals surface area contributed by atoms with Crippen LogP contribution < -0.4 is 15.7 Å². The minimum Gasteiger partial charge on any atom is -0.497 e. The summed E-state index contributed by atoms with van der Waals surface area (Å²) in [5.74, 6) is 0.606. The Kier molecular flexibility index (Phi) is 5.16. The maximum Gasteiger partial charge on any atom is 0.326 e. The predicted molar refractivity (Wildman–Crippen MR) is 106 cm³/mol. The highest BCUT2D eigenvalue weighted by Gasteiger charge is 2.17. The number of ether oxygens (including phenoxy) is 2. The monoisotopic (exact) mass is 381 g/mol. The van der Waals surface area contributed by atoms with Crippen LogP contribution in [-0.4, -0.2) is 41.8 Å². The first kappa shape index (κ1) is 18.3. The summed E-state index contributed by atoms with van der Waals surface area (Å²) < 4.78 is 12.3. The maximum absolute atomic E-state index is 12.4. The number of benzene rings is 2. The van der Waals surface area contributed by atoms with E-state index in [1.165, 1.54) is 0 Å². The molecule has 7 heteroatoms. The Morgan fingerprint density at radius 3 is 2.82 bits per heavy atom. The van der Waals surface area contributed by atoms with Crippen LogP contribution in [-0.2, 0) is 11.3 Å². The van der Waals surface area contributed by atoms with E-state index < -0.39 is 0 Å². The van der Waals surface area contributed by atoms with Gasteiger partial charge in [-0.1, -0.05) is 12.1 Å². The average Bonchev–Trinajstić information content (AvgIpc) is 3.34. The lowest BCUT2D eigenvalue weighted by atomic mass is 10.1. The largest absolute Gasteiger partial charge is 0.497 e. The van der Waals surface area contributed by atoms with Gasteiger partial charge in [-0.3, -0.25) is 9.36 Å². The van der Waals surface area contributed by atoms with Crippen molar-refractivity contribution in [2.75, 3.05) is 20.3 Å². The number of carbonyl (C=O) groups excluding carboxylic acids is 1. The molecule has 0 spiro atoms. The highest BCUT2D eigenvalue weighted by molar-refractivity contribution is 5.97. The average molecular weight is 381 g/mol. The normalized spacial score (nSPS) is 16.4. The van der Waals surface area contributed by atoms with Crippen LogP contribution in [0.25, 0.3) is 11.0 Å². The van der Waals surface area contributed by atoms with E-state index in [0.717, 1.165) is 36.3 Å². The predicted octanol–water partition coefficient (Wildman–Crippen LogP) is 2.30. The standard InChI is InChI=1S/C21H23N3O4/c1-27-16-7-4-14(5-8-16)13-24-19-9-6-15(11-18(19)23-21(24)26)20(25)22-12-17-3-2-10-28-17/h4-9,11,17H,2-3,10,12-13H2,1H3,(H,22,25)(H,23,26). The first-order valence-electron chi connectivity index (χ1n) is 9.39. The molecule has 1 aromatic heterocycles. The fraction of sp³-hybridized carbons (Fsp3) is 0.333. The number of fused-ring (bicyclic) bond motifs is 1. The number of nitrogens with zero attached hydrogens (tertiary/aromatic N) is 1. The third kappa shape index (κ3) is 3.80. The van der Waals surface area contributed by atoms with Gasteiger partial charge in [0.2, 0.25) is 0 Å². The second-order valence-corrected chi connectivity index (χ2v) is 6.94. The van der Waals surface area contributed by atoms with Gasteiger partial charge in [0.1, 0.15) is 5.75 Å². The van der Waals surface area contributed by atoms with Crippen molar-refractivity contribution >= 4 is 16.9 Å². The lowest BCUT2D eigenvalue weighted by molar-refractivity contribution is 0.0858. The Bertz CT molecular complexity index is 1030. The number of hydrogen-bond donors (Lipinski definition) is 2. The molecule has 1 fully saturated rings. The summed E-state index contributed by atoms with van der Waals surface area (Å²) in [5.41, 5.74) is 2.70. The van der Waals surface area contributed by atoms with Crippen molar-refractivity contribution in [2.45, 2.75) is 25.5 Å². The third-order valence-electron chi connectivity index (χ3n) is 5.05. The van der Waals surface area contributed by atoms with Crippen molar-refractivity contribution in [2.24, 2.45) is 0 Å². The number of rotatable bonds is 6. The number of H-pyrrole nitrogens is 1. The molecule has 1 saturated heterocycles. The minimum atomic E-state index is -0.206. The molecule has 0 saturated carbocycles. The molecule has 0 aliphatic carbocycles. The quantitative estimate of drug-likeness (QED) is 0.686. The van der Waals surface area contributed by atoms with Gasteiger partial charge in [0.15, 0.2) is 0 Å². The van der Waals surface area contributed by atoms with Gasteiger partial charge in [-0.05, 0) is 48.7 Å². The zero-order valence-electron chi connectivity index (χ0n) is 15.7.